The van der Waals surface area contributed by atoms with Crippen LogP contribution in [0.2, 0.25) is 5.02 Å². The van der Waals surface area contributed by atoms with Gasteiger partial charge < -0.3 is 15.5 Å². The molecule has 9 heteroatoms. The zero-order chi connectivity index (χ0) is 20.9. The lowest BCUT2D eigenvalue weighted by Gasteiger charge is -2.21. The summed E-state index contributed by atoms with van der Waals surface area (Å²) >= 11 is 5.99. The number of likely N-dealkylation sites (N-methyl/N-ethyl adjacent to an activating group) is 1. The van der Waals surface area contributed by atoms with Crippen LogP contribution in [0.4, 0.5) is 24.5 Å². The van der Waals surface area contributed by atoms with Gasteiger partial charge >= 0.3 is 6.18 Å². The average molecular weight is 415 g/mol. The highest BCUT2D eigenvalue weighted by molar-refractivity contribution is 6.33. The minimum Gasteiger partial charge on any atom is -0.321 e. The first-order chi connectivity index (χ1) is 13.1. The number of para-hydroxylation sites is 1. The number of halogens is 4. The Bertz CT molecular complexity index is 858. The maximum absolute atomic E-state index is 12.8. The van der Waals surface area contributed by atoms with Crippen LogP contribution in [0, 0.1) is 0 Å². The number of anilines is 2. The molecule has 2 rings (SSSR count). The van der Waals surface area contributed by atoms with E-state index in [1.807, 2.05) is 0 Å². The monoisotopic (exact) mass is 414 g/mol. The van der Waals surface area contributed by atoms with E-state index in [1.165, 1.54) is 12.1 Å². The van der Waals surface area contributed by atoms with Crippen molar-refractivity contribution in [2.24, 2.45) is 0 Å². The van der Waals surface area contributed by atoms with E-state index in [4.69, 9.17) is 11.6 Å². The van der Waals surface area contributed by atoms with Gasteiger partial charge in [0.1, 0.15) is 0 Å². The minimum atomic E-state index is -4.49. The average Bonchev–Trinajstić information content (AvgIpc) is 2.62. The molecule has 3 N–H and O–H groups in total. The van der Waals surface area contributed by atoms with Gasteiger partial charge in [-0.1, -0.05) is 29.8 Å². The fraction of sp³-hybridized carbons (Fsp3) is 0.263. The van der Waals surface area contributed by atoms with Gasteiger partial charge in [0.05, 0.1) is 23.3 Å². The van der Waals surface area contributed by atoms with E-state index in [0.29, 0.717) is 15.6 Å². The number of carbonyl (C=O) groups excluding carboxylic acids is 2. The molecule has 0 heterocycles. The Kier molecular flexibility index (Phi) is 7.04. The van der Waals surface area contributed by atoms with Gasteiger partial charge in [-0.3, -0.25) is 9.59 Å². The van der Waals surface area contributed by atoms with Gasteiger partial charge in [-0.15, -0.1) is 0 Å². The smallest absolute Gasteiger partial charge is 0.321 e. The van der Waals surface area contributed by atoms with Crippen LogP contribution >= 0.6 is 11.6 Å². The summed E-state index contributed by atoms with van der Waals surface area (Å²) in [5, 5.41) is 5.51. The molecule has 0 aliphatic heterocycles. The summed E-state index contributed by atoms with van der Waals surface area (Å²) in [5.74, 6) is -0.841. The molecular formula is C19H20ClF3N3O2+. The number of hydrogen-bond donors (Lipinski definition) is 3. The highest BCUT2D eigenvalue weighted by Crippen LogP contribution is 2.30. The Morgan fingerprint density at radius 2 is 1.79 bits per heavy atom. The molecule has 0 saturated carbocycles. The van der Waals surface area contributed by atoms with Crippen molar-refractivity contribution in [3.63, 3.8) is 0 Å². The zero-order valence-electron chi connectivity index (χ0n) is 15.2. The van der Waals surface area contributed by atoms with Gasteiger partial charge in [0.15, 0.2) is 12.6 Å². The molecule has 0 spiro atoms. The SMILES string of the molecule is C[C@H](C(=O)Nc1cccc(C(F)(F)F)c1)[NH+](C)CC(=O)Nc1ccccc1Cl. The number of carbonyl (C=O) groups is 2. The Balaban J connectivity index is 1.95. The summed E-state index contributed by atoms with van der Waals surface area (Å²) in [7, 11) is 1.64. The number of quaternary nitrogens is 1. The van der Waals surface area contributed by atoms with Crippen LogP contribution in [0.15, 0.2) is 48.5 Å². The van der Waals surface area contributed by atoms with Gasteiger partial charge in [-0.05, 0) is 37.3 Å². The van der Waals surface area contributed by atoms with Crippen LogP contribution in [0.1, 0.15) is 12.5 Å². The summed E-state index contributed by atoms with van der Waals surface area (Å²) in [6, 6.07) is 10.5. The fourth-order valence-electron chi connectivity index (χ4n) is 2.41. The van der Waals surface area contributed by atoms with Gasteiger partial charge in [0, 0.05) is 5.69 Å². The predicted octanol–water partition coefficient (Wildman–Crippen LogP) is 2.84. The Morgan fingerprint density at radius 3 is 2.43 bits per heavy atom. The number of benzene rings is 2. The minimum absolute atomic E-state index is 0.0254. The third kappa shape index (κ3) is 5.97. The molecule has 0 radical (unpaired) electrons. The predicted molar refractivity (Wildman–Crippen MR) is 101 cm³/mol. The van der Waals surface area contributed by atoms with Crippen LogP contribution in [0.5, 0.6) is 0 Å². The van der Waals surface area contributed by atoms with Crippen LogP contribution in [0.25, 0.3) is 0 Å². The van der Waals surface area contributed by atoms with E-state index in [1.54, 1.807) is 38.2 Å². The number of hydrogen-bond acceptors (Lipinski definition) is 2. The molecule has 2 aromatic carbocycles. The Hall–Kier alpha value is -2.58. The van der Waals surface area contributed by atoms with Crippen LogP contribution in [0.3, 0.4) is 0 Å². The molecule has 0 fully saturated rings. The quantitative estimate of drug-likeness (QED) is 0.680. The molecule has 2 atom stereocenters. The number of amides is 2. The maximum Gasteiger partial charge on any atom is 0.416 e. The molecule has 28 heavy (non-hydrogen) atoms. The molecule has 0 aliphatic carbocycles. The molecule has 0 bridgehead atoms. The highest BCUT2D eigenvalue weighted by atomic mass is 35.5. The molecule has 0 aliphatic rings. The van der Waals surface area contributed by atoms with Crippen molar-refractivity contribution in [3.8, 4) is 0 Å². The van der Waals surface area contributed by atoms with Gasteiger partial charge in [-0.25, -0.2) is 0 Å². The van der Waals surface area contributed by atoms with Crippen molar-refractivity contribution >= 4 is 34.8 Å². The molecule has 1 unspecified atom stereocenters. The van der Waals surface area contributed by atoms with Crippen molar-refractivity contribution in [2.45, 2.75) is 19.1 Å². The second-order valence-corrected chi connectivity index (χ2v) is 6.75. The lowest BCUT2D eigenvalue weighted by Crippen LogP contribution is -3.14. The summed E-state index contributed by atoms with van der Waals surface area (Å²) in [6.45, 7) is 1.56. The highest BCUT2D eigenvalue weighted by Gasteiger charge is 2.31. The Morgan fingerprint density at radius 1 is 1.11 bits per heavy atom. The fourth-order valence-corrected chi connectivity index (χ4v) is 2.59. The molecule has 0 saturated heterocycles. The zero-order valence-corrected chi connectivity index (χ0v) is 16.0. The van der Waals surface area contributed by atoms with E-state index < -0.39 is 23.7 Å². The molecule has 2 amide bonds. The summed E-state index contributed by atoms with van der Waals surface area (Å²) in [4.78, 5) is 25.1. The summed E-state index contributed by atoms with van der Waals surface area (Å²) in [6.07, 6.45) is -4.49. The topological polar surface area (TPSA) is 62.6 Å². The van der Waals surface area contributed by atoms with E-state index >= 15 is 0 Å². The molecule has 5 nitrogen and oxygen atoms in total. The molecule has 2 aromatic rings. The number of rotatable bonds is 6. The van der Waals surface area contributed by atoms with Gasteiger partial charge in [0.25, 0.3) is 11.8 Å². The lowest BCUT2D eigenvalue weighted by atomic mass is 10.2. The van der Waals surface area contributed by atoms with Crippen LogP contribution < -0.4 is 15.5 Å². The standard InChI is InChI=1S/C19H19ClF3N3O2/c1-12(18(28)24-14-7-5-6-13(10-14)19(21,22)23)26(2)11-17(27)25-16-9-4-3-8-15(16)20/h3-10,12H,11H2,1-2H3,(H,24,28)(H,25,27)/p+1/t12-/m1/s1. The third-order valence-electron chi connectivity index (χ3n) is 4.18. The van der Waals surface area contributed by atoms with Crippen LogP contribution in [-0.2, 0) is 15.8 Å². The van der Waals surface area contributed by atoms with Crippen molar-refractivity contribution in [1.82, 2.24) is 0 Å². The molecule has 150 valence electrons. The molecule has 0 aromatic heterocycles. The first-order valence-corrected chi connectivity index (χ1v) is 8.80. The Labute approximate surface area is 165 Å². The van der Waals surface area contributed by atoms with E-state index in [0.717, 1.165) is 12.1 Å². The van der Waals surface area contributed by atoms with Crippen molar-refractivity contribution in [1.29, 1.82) is 0 Å². The van der Waals surface area contributed by atoms with Crippen LogP contribution in [-0.4, -0.2) is 31.4 Å². The molecular weight excluding hydrogens is 395 g/mol. The first kappa shape index (κ1) is 21.7. The van der Waals surface area contributed by atoms with E-state index in [9.17, 15) is 22.8 Å². The number of nitrogens with one attached hydrogen (secondary N) is 3. The van der Waals surface area contributed by atoms with Crippen molar-refractivity contribution in [3.05, 3.63) is 59.1 Å². The normalized spacial score (nSPS) is 13.5. The first-order valence-electron chi connectivity index (χ1n) is 8.42. The van der Waals surface area contributed by atoms with Gasteiger partial charge in [-0.2, -0.15) is 13.2 Å². The third-order valence-corrected chi connectivity index (χ3v) is 4.51. The lowest BCUT2D eigenvalue weighted by molar-refractivity contribution is -0.885. The van der Waals surface area contributed by atoms with E-state index in [-0.39, 0.29) is 18.1 Å². The maximum atomic E-state index is 12.8. The van der Waals surface area contributed by atoms with Crippen molar-refractivity contribution in [2.75, 3.05) is 24.2 Å². The summed E-state index contributed by atoms with van der Waals surface area (Å²) < 4.78 is 38.3. The van der Waals surface area contributed by atoms with Crippen molar-refractivity contribution < 1.29 is 27.7 Å². The second kappa shape index (κ2) is 9.07. The second-order valence-electron chi connectivity index (χ2n) is 6.34. The largest absolute Gasteiger partial charge is 0.416 e. The van der Waals surface area contributed by atoms with E-state index in [2.05, 4.69) is 10.6 Å². The van der Waals surface area contributed by atoms with Gasteiger partial charge in [0.2, 0.25) is 0 Å². The number of alkyl halides is 3. The summed E-state index contributed by atoms with van der Waals surface area (Å²) in [5.41, 5.74) is -0.346.